The predicted octanol–water partition coefficient (Wildman–Crippen LogP) is 1.40. The number of nitrogens with zero attached hydrogens (tertiary/aromatic N) is 1. The van der Waals surface area contributed by atoms with E-state index in [9.17, 15) is 9.90 Å². The number of hydrogen-bond donors (Lipinski definition) is 2. The minimum Gasteiger partial charge on any atom is -0.373 e. The normalized spacial score (nSPS) is 16.2. The molecule has 23 heavy (non-hydrogen) atoms. The molecule has 0 radical (unpaired) electrons. The van der Waals surface area contributed by atoms with E-state index < -0.39 is 5.60 Å². The van der Waals surface area contributed by atoms with Crippen LogP contribution in [-0.4, -0.2) is 48.5 Å². The van der Waals surface area contributed by atoms with Crippen LogP contribution >= 0.6 is 0 Å². The van der Waals surface area contributed by atoms with Gasteiger partial charge in [0.25, 0.3) is 0 Å². The molecule has 0 aliphatic carbocycles. The molecule has 1 heterocycles. The Hall–Kier alpha value is -2.01. The zero-order valence-corrected chi connectivity index (χ0v) is 13.1. The van der Waals surface area contributed by atoms with Gasteiger partial charge in [0.1, 0.15) is 0 Å². The van der Waals surface area contributed by atoms with E-state index in [0.717, 1.165) is 26.2 Å². The summed E-state index contributed by atoms with van der Waals surface area (Å²) >= 11 is 0. The summed E-state index contributed by atoms with van der Waals surface area (Å²) in [6.07, 6.45) is 0. The molecule has 2 aromatic carbocycles. The quantitative estimate of drug-likeness (QED) is 0.876. The van der Waals surface area contributed by atoms with Gasteiger partial charge in [-0.3, -0.25) is 9.69 Å². The summed E-state index contributed by atoms with van der Waals surface area (Å²) in [6.45, 7) is 3.66. The van der Waals surface area contributed by atoms with Crippen LogP contribution in [0, 0.1) is 0 Å². The van der Waals surface area contributed by atoms with Crippen LogP contribution in [0.5, 0.6) is 0 Å². The monoisotopic (exact) mass is 310 g/mol. The number of benzene rings is 2. The van der Waals surface area contributed by atoms with Gasteiger partial charge >= 0.3 is 0 Å². The van der Waals surface area contributed by atoms with Crippen molar-refractivity contribution >= 4 is 5.78 Å². The minimum atomic E-state index is -1.60. The maximum Gasteiger partial charge on any atom is 0.187 e. The van der Waals surface area contributed by atoms with Gasteiger partial charge in [0.05, 0.1) is 6.54 Å². The second-order valence-corrected chi connectivity index (χ2v) is 5.89. The summed E-state index contributed by atoms with van der Waals surface area (Å²) in [5, 5.41) is 14.6. The fourth-order valence-corrected chi connectivity index (χ4v) is 3.03. The highest BCUT2D eigenvalue weighted by Gasteiger charge is 2.39. The molecule has 4 heteroatoms. The Balaban J connectivity index is 1.93. The lowest BCUT2D eigenvalue weighted by Gasteiger charge is -2.32. The third kappa shape index (κ3) is 3.34. The average molecular weight is 310 g/mol. The first kappa shape index (κ1) is 15.9. The van der Waals surface area contributed by atoms with Gasteiger partial charge < -0.3 is 10.4 Å². The van der Waals surface area contributed by atoms with Crippen LogP contribution < -0.4 is 5.32 Å². The standard InChI is InChI=1S/C19H22N2O2/c22-18(15-21-13-11-20-12-14-21)19(23,16-7-3-1-4-8-16)17-9-5-2-6-10-17/h1-10,20,23H,11-15H2. The van der Waals surface area contributed by atoms with Gasteiger partial charge in [0.15, 0.2) is 11.4 Å². The molecule has 0 amide bonds. The lowest BCUT2D eigenvalue weighted by Crippen LogP contribution is -2.49. The van der Waals surface area contributed by atoms with Gasteiger partial charge in [-0.05, 0) is 11.1 Å². The van der Waals surface area contributed by atoms with E-state index in [-0.39, 0.29) is 12.3 Å². The van der Waals surface area contributed by atoms with Crippen molar-refractivity contribution in [2.45, 2.75) is 5.60 Å². The molecule has 0 saturated carbocycles. The van der Waals surface area contributed by atoms with Crippen molar-refractivity contribution in [3.8, 4) is 0 Å². The van der Waals surface area contributed by atoms with Crippen molar-refractivity contribution in [1.29, 1.82) is 0 Å². The number of nitrogens with one attached hydrogen (secondary N) is 1. The molecule has 1 aliphatic rings. The number of aliphatic hydroxyl groups is 1. The van der Waals surface area contributed by atoms with Crippen molar-refractivity contribution in [3.63, 3.8) is 0 Å². The Bertz CT molecular complexity index is 597. The molecule has 0 atom stereocenters. The molecule has 1 aliphatic heterocycles. The van der Waals surface area contributed by atoms with Crippen LogP contribution in [0.25, 0.3) is 0 Å². The number of ketones is 1. The SMILES string of the molecule is O=C(CN1CCNCC1)C(O)(c1ccccc1)c1ccccc1. The number of carbonyl (C=O) groups is 1. The van der Waals surface area contributed by atoms with Gasteiger partial charge in [-0.2, -0.15) is 0 Å². The number of Topliss-reactive ketones (excluding diaryl/α,β-unsaturated/α-hetero) is 1. The first-order valence-electron chi connectivity index (χ1n) is 8.01. The van der Waals surface area contributed by atoms with E-state index in [4.69, 9.17) is 0 Å². The summed E-state index contributed by atoms with van der Waals surface area (Å²) in [4.78, 5) is 15.1. The second-order valence-electron chi connectivity index (χ2n) is 5.89. The average Bonchev–Trinajstić information content (AvgIpc) is 2.63. The molecule has 1 saturated heterocycles. The highest BCUT2D eigenvalue weighted by atomic mass is 16.3. The first-order valence-corrected chi connectivity index (χ1v) is 8.01. The van der Waals surface area contributed by atoms with E-state index >= 15 is 0 Å². The molecule has 2 aromatic rings. The van der Waals surface area contributed by atoms with Gasteiger partial charge in [-0.25, -0.2) is 0 Å². The lowest BCUT2D eigenvalue weighted by atomic mass is 9.82. The molecular formula is C19H22N2O2. The Labute approximate surface area is 136 Å². The Morgan fingerprint density at radius 2 is 1.43 bits per heavy atom. The van der Waals surface area contributed by atoms with Crippen LogP contribution in [0.3, 0.4) is 0 Å². The maximum absolute atomic E-state index is 13.0. The molecule has 4 nitrogen and oxygen atoms in total. The molecule has 0 aromatic heterocycles. The van der Waals surface area contributed by atoms with E-state index in [1.807, 2.05) is 60.7 Å². The number of hydrogen-bond acceptors (Lipinski definition) is 4. The lowest BCUT2D eigenvalue weighted by molar-refractivity contribution is -0.135. The van der Waals surface area contributed by atoms with Gasteiger partial charge in [-0.15, -0.1) is 0 Å². The van der Waals surface area contributed by atoms with Crippen LogP contribution in [-0.2, 0) is 10.4 Å². The van der Waals surface area contributed by atoms with Gasteiger partial charge in [0, 0.05) is 26.2 Å². The third-order valence-electron chi connectivity index (χ3n) is 4.36. The van der Waals surface area contributed by atoms with Crippen molar-refractivity contribution < 1.29 is 9.90 Å². The third-order valence-corrected chi connectivity index (χ3v) is 4.36. The highest BCUT2D eigenvalue weighted by Crippen LogP contribution is 2.30. The molecule has 0 unspecified atom stereocenters. The molecule has 3 rings (SSSR count). The smallest absolute Gasteiger partial charge is 0.187 e. The van der Waals surface area contributed by atoms with Gasteiger partial charge in [-0.1, -0.05) is 60.7 Å². The first-order chi connectivity index (χ1) is 11.2. The topological polar surface area (TPSA) is 52.6 Å². The number of rotatable bonds is 5. The van der Waals surface area contributed by atoms with Crippen molar-refractivity contribution in [2.75, 3.05) is 32.7 Å². The second kappa shape index (κ2) is 7.04. The number of piperazine rings is 1. The minimum absolute atomic E-state index is 0.184. The molecule has 0 bridgehead atoms. The summed E-state index contributed by atoms with van der Waals surface area (Å²) in [6, 6.07) is 18.4. The largest absolute Gasteiger partial charge is 0.373 e. The highest BCUT2D eigenvalue weighted by molar-refractivity contribution is 5.93. The van der Waals surface area contributed by atoms with Gasteiger partial charge in [0.2, 0.25) is 0 Å². The van der Waals surface area contributed by atoms with E-state index in [1.165, 1.54) is 0 Å². The molecule has 2 N–H and O–H groups in total. The zero-order valence-electron chi connectivity index (χ0n) is 13.1. The predicted molar refractivity (Wildman–Crippen MR) is 90.2 cm³/mol. The Morgan fingerprint density at radius 1 is 0.957 bits per heavy atom. The molecule has 1 fully saturated rings. The summed E-state index contributed by atoms with van der Waals surface area (Å²) < 4.78 is 0. The molecular weight excluding hydrogens is 288 g/mol. The summed E-state index contributed by atoms with van der Waals surface area (Å²) in [5.74, 6) is -0.184. The summed E-state index contributed by atoms with van der Waals surface area (Å²) in [5.41, 5.74) is -0.370. The van der Waals surface area contributed by atoms with E-state index in [1.54, 1.807) is 0 Å². The number of carbonyl (C=O) groups excluding carboxylic acids is 1. The van der Waals surface area contributed by atoms with E-state index in [2.05, 4.69) is 10.2 Å². The zero-order chi connectivity index (χ0) is 16.1. The maximum atomic E-state index is 13.0. The van der Waals surface area contributed by atoms with Crippen molar-refractivity contribution in [2.24, 2.45) is 0 Å². The van der Waals surface area contributed by atoms with Crippen LogP contribution in [0.1, 0.15) is 11.1 Å². The van der Waals surface area contributed by atoms with Crippen LogP contribution in [0.15, 0.2) is 60.7 Å². The Morgan fingerprint density at radius 3 is 1.91 bits per heavy atom. The fraction of sp³-hybridized carbons (Fsp3) is 0.316. The van der Waals surface area contributed by atoms with Crippen molar-refractivity contribution in [3.05, 3.63) is 71.8 Å². The Kier molecular flexibility index (Phi) is 4.86. The molecule has 0 spiro atoms. The van der Waals surface area contributed by atoms with Crippen molar-refractivity contribution in [1.82, 2.24) is 10.2 Å². The molecule has 120 valence electrons. The van der Waals surface area contributed by atoms with E-state index in [0.29, 0.717) is 11.1 Å². The van der Waals surface area contributed by atoms with Crippen LogP contribution in [0.4, 0.5) is 0 Å². The summed E-state index contributed by atoms with van der Waals surface area (Å²) in [7, 11) is 0. The fourth-order valence-electron chi connectivity index (χ4n) is 3.03. The van der Waals surface area contributed by atoms with Crippen LogP contribution in [0.2, 0.25) is 0 Å².